The average molecular weight is 420 g/mol. The van der Waals surface area contributed by atoms with Crippen LogP contribution in [0.4, 0.5) is 11.4 Å². The Morgan fingerprint density at radius 3 is 2.74 bits per heavy atom. The van der Waals surface area contributed by atoms with E-state index in [1.807, 2.05) is 17.5 Å². The zero-order valence-electron chi connectivity index (χ0n) is 14.1. The Hall–Kier alpha value is -2.42. The van der Waals surface area contributed by atoms with Crippen molar-refractivity contribution < 1.29 is 9.72 Å². The summed E-state index contributed by atoms with van der Waals surface area (Å²) in [7, 11) is 0. The largest absolute Gasteiger partial charge is 0.325 e. The van der Waals surface area contributed by atoms with Crippen LogP contribution in [0.5, 0.6) is 0 Å². The highest BCUT2D eigenvalue weighted by atomic mass is 35.5. The van der Waals surface area contributed by atoms with Gasteiger partial charge >= 0.3 is 0 Å². The summed E-state index contributed by atoms with van der Waals surface area (Å²) in [6.07, 6.45) is 0. The summed E-state index contributed by atoms with van der Waals surface area (Å²) in [6, 6.07) is 12.0. The van der Waals surface area contributed by atoms with Crippen LogP contribution in [0.3, 0.4) is 0 Å². The van der Waals surface area contributed by atoms with Crippen molar-refractivity contribution in [2.75, 3.05) is 11.1 Å². The van der Waals surface area contributed by atoms with E-state index >= 15 is 0 Å². The summed E-state index contributed by atoms with van der Waals surface area (Å²) in [5.41, 5.74) is 2.64. The molecule has 0 bridgehead atoms. The molecule has 1 aromatic heterocycles. The minimum absolute atomic E-state index is 0.0204. The number of nitro groups is 1. The maximum absolute atomic E-state index is 12.2. The molecule has 0 saturated carbocycles. The first kappa shape index (κ1) is 19.3. The fourth-order valence-corrected chi connectivity index (χ4v) is 4.11. The van der Waals surface area contributed by atoms with Gasteiger partial charge in [0.15, 0.2) is 4.34 Å². The third-order valence-corrected chi connectivity index (χ3v) is 6.00. The van der Waals surface area contributed by atoms with E-state index in [1.54, 1.807) is 31.2 Å². The number of hydrogen-bond donors (Lipinski definition) is 1. The number of amides is 1. The number of hydrogen-bond acceptors (Lipinski definition) is 6. The van der Waals surface area contributed by atoms with E-state index in [1.165, 1.54) is 29.2 Å². The van der Waals surface area contributed by atoms with Crippen LogP contribution in [0.15, 0.2) is 52.2 Å². The van der Waals surface area contributed by atoms with Crippen LogP contribution < -0.4 is 5.32 Å². The lowest BCUT2D eigenvalue weighted by atomic mass is 10.1. The van der Waals surface area contributed by atoms with Crippen molar-refractivity contribution in [3.8, 4) is 11.3 Å². The molecule has 138 valence electrons. The molecule has 0 radical (unpaired) electrons. The first-order chi connectivity index (χ1) is 12.9. The molecule has 6 nitrogen and oxygen atoms in total. The number of carbonyl (C=O) groups excluding carboxylic acids is 1. The summed E-state index contributed by atoms with van der Waals surface area (Å²) in [5.74, 6) is -0.0813. The van der Waals surface area contributed by atoms with E-state index in [9.17, 15) is 14.9 Å². The topological polar surface area (TPSA) is 85.1 Å². The fourth-order valence-electron chi connectivity index (χ4n) is 2.35. The van der Waals surface area contributed by atoms with Gasteiger partial charge in [0.25, 0.3) is 5.69 Å². The third-order valence-electron chi connectivity index (χ3n) is 3.73. The molecule has 1 amide bonds. The number of nitrogens with zero attached hydrogens (tertiary/aromatic N) is 2. The molecule has 1 N–H and O–H groups in total. The van der Waals surface area contributed by atoms with Crippen molar-refractivity contribution in [2.45, 2.75) is 11.3 Å². The second-order valence-corrected chi connectivity index (χ2v) is 8.07. The van der Waals surface area contributed by atoms with Gasteiger partial charge in [-0.05, 0) is 25.1 Å². The van der Waals surface area contributed by atoms with E-state index in [0.29, 0.717) is 16.3 Å². The van der Waals surface area contributed by atoms with Gasteiger partial charge in [0.1, 0.15) is 0 Å². The van der Waals surface area contributed by atoms with Gasteiger partial charge in [0.2, 0.25) is 5.91 Å². The summed E-state index contributed by atoms with van der Waals surface area (Å²) < 4.78 is 0.769. The van der Waals surface area contributed by atoms with Crippen LogP contribution in [0.25, 0.3) is 11.3 Å². The molecule has 0 fully saturated rings. The number of benzene rings is 2. The van der Waals surface area contributed by atoms with E-state index in [2.05, 4.69) is 10.3 Å². The van der Waals surface area contributed by atoms with Gasteiger partial charge in [-0.15, -0.1) is 11.3 Å². The van der Waals surface area contributed by atoms with Crippen molar-refractivity contribution in [1.29, 1.82) is 0 Å². The number of thiazole rings is 1. The van der Waals surface area contributed by atoms with Crippen LogP contribution in [0.1, 0.15) is 5.56 Å². The lowest BCUT2D eigenvalue weighted by Crippen LogP contribution is -2.15. The smallest absolute Gasteiger partial charge is 0.274 e. The van der Waals surface area contributed by atoms with Gasteiger partial charge in [-0.1, -0.05) is 41.6 Å². The van der Waals surface area contributed by atoms with E-state index in [0.717, 1.165) is 15.6 Å². The van der Waals surface area contributed by atoms with Crippen LogP contribution in [0, 0.1) is 17.0 Å². The Morgan fingerprint density at radius 2 is 2.04 bits per heavy atom. The molecule has 3 rings (SSSR count). The number of nitro benzene ring substituents is 1. The minimum Gasteiger partial charge on any atom is -0.325 e. The van der Waals surface area contributed by atoms with Gasteiger partial charge in [0.05, 0.1) is 27.6 Å². The van der Waals surface area contributed by atoms with E-state index < -0.39 is 4.92 Å². The number of anilines is 1. The van der Waals surface area contributed by atoms with Crippen molar-refractivity contribution in [1.82, 2.24) is 4.98 Å². The first-order valence-electron chi connectivity index (χ1n) is 7.82. The fraction of sp³-hybridized carbons (Fsp3) is 0.111. The summed E-state index contributed by atoms with van der Waals surface area (Å²) in [5, 5.41) is 16.3. The van der Waals surface area contributed by atoms with Crippen molar-refractivity contribution in [2.24, 2.45) is 0 Å². The number of halogens is 1. The van der Waals surface area contributed by atoms with Crippen molar-refractivity contribution >= 4 is 52.0 Å². The van der Waals surface area contributed by atoms with Crippen LogP contribution in [-0.2, 0) is 4.79 Å². The van der Waals surface area contributed by atoms with Gasteiger partial charge < -0.3 is 5.32 Å². The molecule has 27 heavy (non-hydrogen) atoms. The predicted octanol–water partition coefficient (Wildman–Crippen LogP) is 5.41. The van der Waals surface area contributed by atoms with Crippen molar-refractivity contribution in [3.05, 3.63) is 68.5 Å². The molecule has 3 aromatic rings. The molecular weight excluding hydrogens is 406 g/mol. The number of carbonyl (C=O) groups is 1. The first-order valence-corrected chi connectivity index (χ1v) is 10.1. The van der Waals surface area contributed by atoms with Crippen LogP contribution >= 0.6 is 34.7 Å². The highest BCUT2D eigenvalue weighted by Crippen LogP contribution is 2.29. The molecule has 0 unspecified atom stereocenters. The lowest BCUT2D eigenvalue weighted by molar-refractivity contribution is -0.385. The zero-order chi connectivity index (χ0) is 19.4. The third kappa shape index (κ3) is 4.85. The molecule has 0 aliphatic heterocycles. The SMILES string of the molecule is Cc1c(NC(=O)CSc2nc(-c3ccc(Cl)cc3)cs2)cccc1[N+](=O)[O-]. The van der Waals surface area contributed by atoms with Crippen LogP contribution in [0.2, 0.25) is 5.02 Å². The summed E-state index contributed by atoms with van der Waals surface area (Å²) in [6.45, 7) is 1.61. The average Bonchev–Trinajstić information content (AvgIpc) is 3.11. The summed E-state index contributed by atoms with van der Waals surface area (Å²) >= 11 is 8.66. The second kappa shape index (κ2) is 8.51. The standard InChI is InChI=1S/C18H14ClN3O3S2/c1-11-14(3-2-4-16(11)22(24)25)20-17(23)10-27-18-21-15(9-26-18)12-5-7-13(19)8-6-12/h2-9H,10H2,1H3,(H,20,23). The second-order valence-electron chi connectivity index (χ2n) is 5.55. The normalized spacial score (nSPS) is 10.6. The van der Waals surface area contributed by atoms with Gasteiger partial charge in [0, 0.05) is 22.0 Å². The molecule has 0 aliphatic carbocycles. The molecule has 0 spiro atoms. The highest BCUT2D eigenvalue weighted by Gasteiger charge is 2.15. The molecule has 0 aliphatic rings. The van der Waals surface area contributed by atoms with E-state index in [4.69, 9.17) is 11.6 Å². The molecule has 2 aromatic carbocycles. The predicted molar refractivity (Wildman–Crippen MR) is 110 cm³/mol. The molecule has 9 heteroatoms. The number of aromatic nitrogens is 1. The molecule has 0 atom stereocenters. The van der Waals surface area contributed by atoms with Gasteiger partial charge in [-0.2, -0.15) is 0 Å². The van der Waals surface area contributed by atoms with Gasteiger partial charge in [-0.3, -0.25) is 14.9 Å². The molecule has 1 heterocycles. The molecule has 0 saturated heterocycles. The lowest BCUT2D eigenvalue weighted by Gasteiger charge is -2.07. The Labute approximate surface area is 168 Å². The Kier molecular flexibility index (Phi) is 6.10. The number of thioether (sulfide) groups is 1. The van der Waals surface area contributed by atoms with Crippen LogP contribution in [-0.4, -0.2) is 21.6 Å². The zero-order valence-corrected chi connectivity index (χ0v) is 16.5. The monoisotopic (exact) mass is 419 g/mol. The quantitative estimate of drug-likeness (QED) is 0.328. The Morgan fingerprint density at radius 1 is 1.30 bits per heavy atom. The van der Waals surface area contributed by atoms with Crippen molar-refractivity contribution in [3.63, 3.8) is 0 Å². The highest BCUT2D eigenvalue weighted by molar-refractivity contribution is 8.01. The molecular formula is C18H14ClN3O3S2. The maximum atomic E-state index is 12.2. The minimum atomic E-state index is -0.465. The number of nitrogens with one attached hydrogen (secondary N) is 1. The van der Waals surface area contributed by atoms with Gasteiger partial charge in [-0.25, -0.2) is 4.98 Å². The van der Waals surface area contributed by atoms with E-state index in [-0.39, 0.29) is 17.3 Å². The maximum Gasteiger partial charge on any atom is 0.274 e. The summed E-state index contributed by atoms with van der Waals surface area (Å²) in [4.78, 5) is 27.2. The Balaban J connectivity index is 1.61. The Bertz CT molecular complexity index is 990. The number of rotatable bonds is 6.